The number of nitrogens with one attached hydrogen (secondary N) is 2. The van der Waals surface area contributed by atoms with E-state index in [0.717, 1.165) is 21.9 Å². The van der Waals surface area contributed by atoms with Crippen LogP contribution in [-0.4, -0.2) is 26.0 Å². The molecule has 0 aliphatic heterocycles. The van der Waals surface area contributed by atoms with Gasteiger partial charge in [0.25, 0.3) is 0 Å². The summed E-state index contributed by atoms with van der Waals surface area (Å²) in [4.78, 5) is 24.3. The lowest BCUT2D eigenvalue weighted by atomic mass is 10.0. The standard InChI is InChI=1S/C23H24N2O4/c1-28-20-12-10-16(14-21(20)29-2)11-13-22(26)24-25-23(27)15-18-8-5-7-17-6-3-4-9-19(17)18/h3-10,12,14H,11,13,15H2,1-2H3,(H,24,26)(H,25,27). The second-order valence-electron chi connectivity index (χ2n) is 6.60. The molecule has 29 heavy (non-hydrogen) atoms. The van der Waals surface area contributed by atoms with Gasteiger partial charge in [0.1, 0.15) is 0 Å². The monoisotopic (exact) mass is 392 g/mol. The first kappa shape index (κ1) is 20.2. The number of hydrogen-bond acceptors (Lipinski definition) is 4. The molecule has 0 saturated heterocycles. The molecule has 2 N–H and O–H groups in total. The predicted octanol–water partition coefficient (Wildman–Crippen LogP) is 3.18. The fourth-order valence-electron chi connectivity index (χ4n) is 3.16. The molecule has 0 fully saturated rings. The highest BCUT2D eigenvalue weighted by atomic mass is 16.5. The molecule has 0 radical (unpaired) electrons. The van der Waals surface area contributed by atoms with E-state index < -0.39 is 0 Å². The number of rotatable bonds is 7. The molecule has 2 amide bonds. The van der Waals surface area contributed by atoms with Gasteiger partial charge in [0.2, 0.25) is 11.8 Å². The van der Waals surface area contributed by atoms with Crippen LogP contribution in [0.4, 0.5) is 0 Å². The Balaban J connectivity index is 1.49. The lowest BCUT2D eigenvalue weighted by Gasteiger charge is -2.11. The van der Waals surface area contributed by atoms with E-state index in [1.807, 2.05) is 54.6 Å². The summed E-state index contributed by atoms with van der Waals surface area (Å²) in [6, 6.07) is 19.3. The van der Waals surface area contributed by atoms with Gasteiger partial charge in [-0.2, -0.15) is 0 Å². The maximum Gasteiger partial charge on any atom is 0.242 e. The highest BCUT2D eigenvalue weighted by molar-refractivity contribution is 5.90. The van der Waals surface area contributed by atoms with Crippen LogP contribution in [0, 0.1) is 0 Å². The number of fused-ring (bicyclic) bond motifs is 1. The van der Waals surface area contributed by atoms with Crippen LogP contribution in [0.25, 0.3) is 10.8 Å². The third kappa shape index (κ3) is 5.25. The molecule has 6 heteroatoms. The van der Waals surface area contributed by atoms with Crippen LogP contribution in [0.3, 0.4) is 0 Å². The van der Waals surface area contributed by atoms with Crippen LogP contribution < -0.4 is 20.3 Å². The smallest absolute Gasteiger partial charge is 0.242 e. The van der Waals surface area contributed by atoms with E-state index in [2.05, 4.69) is 10.9 Å². The summed E-state index contributed by atoms with van der Waals surface area (Å²) in [5, 5.41) is 2.11. The van der Waals surface area contributed by atoms with Crippen LogP contribution in [0.15, 0.2) is 60.7 Å². The van der Waals surface area contributed by atoms with E-state index >= 15 is 0 Å². The van der Waals surface area contributed by atoms with Gasteiger partial charge in [-0.1, -0.05) is 48.5 Å². The molecular weight excluding hydrogens is 368 g/mol. The largest absolute Gasteiger partial charge is 0.493 e. The lowest BCUT2D eigenvalue weighted by Crippen LogP contribution is -2.42. The van der Waals surface area contributed by atoms with Crippen LogP contribution in [0.1, 0.15) is 17.5 Å². The summed E-state index contributed by atoms with van der Waals surface area (Å²) in [5.41, 5.74) is 6.83. The number of methoxy groups -OCH3 is 2. The summed E-state index contributed by atoms with van der Waals surface area (Å²) < 4.78 is 10.5. The van der Waals surface area contributed by atoms with E-state index in [-0.39, 0.29) is 24.7 Å². The van der Waals surface area contributed by atoms with E-state index in [0.29, 0.717) is 17.9 Å². The number of carbonyl (C=O) groups is 2. The van der Waals surface area contributed by atoms with Crippen molar-refractivity contribution in [3.63, 3.8) is 0 Å². The van der Waals surface area contributed by atoms with Crippen LogP contribution >= 0.6 is 0 Å². The van der Waals surface area contributed by atoms with Gasteiger partial charge in [-0.25, -0.2) is 0 Å². The third-order valence-electron chi connectivity index (χ3n) is 4.66. The highest BCUT2D eigenvalue weighted by Gasteiger charge is 2.10. The van der Waals surface area contributed by atoms with Crippen molar-refractivity contribution < 1.29 is 19.1 Å². The van der Waals surface area contributed by atoms with Crippen molar-refractivity contribution >= 4 is 22.6 Å². The zero-order valence-corrected chi connectivity index (χ0v) is 16.5. The zero-order chi connectivity index (χ0) is 20.6. The van der Waals surface area contributed by atoms with Crippen molar-refractivity contribution in [2.45, 2.75) is 19.3 Å². The van der Waals surface area contributed by atoms with Crippen LogP contribution in [0.2, 0.25) is 0 Å². The van der Waals surface area contributed by atoms with Gasteiger partial charge in [0, 0.05) is 6.42 Å². The molecule has 3 aromatic rings. The SMILES string of the molecule is COc1ccc(CCC(=O)NNC(=O)Cc2cccc3ccccc23)cc1OC. The first-order valence-electron chi connectivity index (χ1n) is 9.36. The number of amides is 2. The molecule has 0 saturated carbocycles. The summed E-state index contributed by atoms with van der Waals surface area (Å²) in [5.74, 6) is 0.738. The molecule has 3 aromatic carbocycles. The Hall–Kier alpha value is -3.54. The summed E-state index contributed by atoms with van der Waals surface area (Å²) in [6.45, 7) is 0. The number of ether oxygens (including phenoxy) is 2. The van der Waals surface area contributed by atoms with Crippen molar-refractivity contribution in [3.8, 4) is 11.5 Å². The normalized spacial score (nSPS) is 10.4. The maximum absolute atomic E-state index is 12.2. The minimum Gasteiger partial charge on any atom is -0.493 e. The van der Waals surface area contributed by atoms with Gasteiger partial charge in [-0.05, 0) is 40.5 Å². The van der Waals surface area contributed by atoms with Gasteiger partial charge in [0.05, 0.1) is 20.6 Å². The lowest BCUT2D eigenvalue weighted by molar-refractivity contribution is -0.128. The van der Waals surface area contributed by atoms with Crippen molar-refractivity contribution in [1.29, 1.82) is 0 Å². The molecule has 0 heterocycles. The van der Waals surface area contributed by atoms with E-state index in [4.69, 9.17) is 9.47 Å². The Morgan fingerprint density at radius 1 is 0.828 bits per heavy atom. The first-order chi connectivity index (χ1) is 14.1. The number of aryl methyl sites for hydroxylation is 1. The number of hydrogen-bond donors (Lipinski definition) is 2. The fraction of sp³-hybridized carbons (Fsp3) is 0.217. The Bertz CT molecular complexity index is 1010. The molecule has 0 unspecified atom stereocenters. The van der Waals surface area contributed by atoms with Crippen molar-refractivity contribution in [2.75, 3.05) is 14.2 Å². The fourth-order valence-corrected chi connectivity index (χ4v) is 3.16. The molecule has 0 spiro atoms. The van der Waals surface area contributed by atoms with Crippen LogP contribution in [0.5, 0.6) is 11.5 Å². The van der Waals surface area contributed by atoms with Crippen LogP contribution in [-0.2, 0) is 22.4 Å². The average Bonchev–Trinajstić information content (AvgIpc) is 2.76. The maximum atomic E-state index is 12.2. The molecule has 0 aromatic heterocycles. The Kier molecular flexibility index (Phi) is 6.68. The second kappa shape index (κ2) is 9.59. The summed E-state index contributed by atoms with van der Waals surface area (Å²) >= 11 is 0. The minimum absolute atomic E-state index is 0.192. The Labute approximate surface area is 169 Å². The Morgan fingerprint density at radius 2 is 1.55 bits per heavy atom. The molecule has 3 rings (SSSR count). The minimum atomic E-state index is -0.263. The third-order valence-corrected chi connectivity index (χ3v) is 4.66. The summed E-state index contributed by atoms with van der Waals surface area (Å²) in [6.07, 6.45) is 0.951. The molecular formula is C23H24N2O4. The molecule has 6 nitrogen and oxygen atoms in total. The second-order valence-corrected chi connectivity index (χ2v) is 6.60. The quantitative estimate of drug-likeness (QED) is 0.606. The molecule has 0 atom stereocenters. The predicted molar refractivity (Wildman–Crippen MR) is 112 cm³/mol. The number of benzene rings is 3. The van der Waals surface area contributed by atoms with E-state index in [1.54, 1.807) is 20.3 Å². The Morgan fingerprint density at radius 3 is 2.34 bits per heavy atom. The summed E-state index contributed by atoms with van der Waals surface area (Å²) in [7, 11) is 3.14. The average molecular weight is 392 g/mol. The van der Waals surface area contributed by atoms with Crippen molar-refractivity contribution in [1.82, 2.24) is 10.9 Å². The van der Waals surface area contributed by atoms with Gasteiger partial charge in [-0.3, -0.25) is 20.4 Å². The highest BCUT2D eigenvalue weighted by Crippen LogP contribution is 2.27. The molecule has 0 bridgehead atoms. The number of hydrazine groups is 1. The molecule has 150 valence electrons. The number of carbonyl (C=O) groups excluding carboxylic acids is 2. The van der Waals surface area contributed by atoms with Gasteiger partial charge < -0.3 is 9.47 Å². The molecule has 0 aliphatic rings. The molecule has 0 aliphatic carbocycles. The van der Waals surface area contributed by atoms with Gasteiger partial charge in [0.15, 0.2) is 11.5 Å². The van der Waals surface area contributed by atoms with E-state index in [9.17, 15) is 9.59 Å². The topological polar surface area (TPSA) is 76.7 Å². The zero-order valence-electron chi connectivity index (χ0n) is 16.5. The first-order valence-corrected chi connectivity index (χ1v) is 9.36. The van der Waals surface area contributed by atoms with Gasteiger partial charge in [-0.15, -0.1) is 0 Å². The van der Waals surface area contributed by atoms with Crippen molar-refractivity contribution in [3.05, 3.63) is 71.8 Å². The van der Waals surface area contributed by atoms with E-state index in [1.165, 1.54) is 0 Å². The van der Waals surface area contributed by atoms with Crippen molar-refractivity contribution in [2.24, 2.45) is 0 Å². The van der Waals surface area contributed by atoms with Gasteiger partial charge >= 0.3 is 0 Å².